The van der Waals surface area contributed by atoms with Crippen molar-refractivity contribution in [3.8, 4) is 5.75 Å². The summed E-state index contributed by atoms with van der Waals surface area (Å²) in [6, 6.07) is 8.11. The molecule has 1 aromatic carbocycles. The monoisotopic (exact) mass is 325 g/mol. The highest BCUT2D eigenvalue weighted by Gasteiger charge is 2.17. The number of carboxylic acid groups (broad SMARTS) is 1. The molecule has 3 rings (SSSR count). The van der Waals surface area contributed by atoms with Gasteiger partial charge in [0.15, 0.2) is 0 Å². The van der Waals surface area contributed by atoms with Crippen LogP contribution in [0.1, 0.15) is 12.0 Å². The molecule has 2 aliphatic rings. The maximum Gasteiger partial charge on any atom is 0.404 e. The van der Waals surface area contributed by atoms with Crippen LogP contribution >= 0.6 is 0 Å². The minimum Gasteiger partial charge on any atom is -0.497 e. The predicted octanol–water partition coefficient (Wildman–Crippen LogP) is 0.570. The lowest BCUT2D eigenvalue weighted by Gasteiger charge is -2.26. The Balaban J connectivity index is 0.000000176. The van der Waals surface area contributed by atoms with Crippen molar-refractivity contribution in [1.82, 2.24) is 16.0 Å². The van der Waals surface area contributed by atoms with Crippen molar-refractivity contribution in [2.45, 2.75) is 25.5 Å². The lowest BCUT2D eigenvalue weighted by atomic mass is 10.2. The minimum absolute atomic E-state index is 0.0648. The van der Waals surface area contributed by atoms with Crippen molar-refractivity contribution in [2.75, 3.05) is 33.3 Å². The lowest BCUT2D eigenvalue weighted by Crippen LogP contribution is -2.56. The number of ether oxygens (including phenoxy) is 1. The molecule has 0 spiro atoms. The molecule has 5 N–H and O–H groups in total. The number of β-amino-alcohol motifs (C(OH)–C–C–N with tert-alkyl or cyclic N) is 1. The SMILES string of the molecule is COc1ccc(C)cc1.O=C(O)NC1CNC1.OC1CCNC1. The quantitative estimate of drug-likeness (QED) is 0.545. The van der Waals surface area contributed by atoms with Gasteiger partial charge in [-0.1, -0.05) is 17.7 Å². The van der Waals surface area contributed by atoms with E-state index >= 15 is 0 Å². The molecule has 0 saturated carbocycles. The highest BCUT2D eigenvalue weighted by atomic mass is 16.5. The van der Waals surface area contributed by atoms with E-state index in [0.717, 1.165) is 38.3 Å². The molecule has 1 atom stereocenters. The Kier molecular flexibility index (Phi) is 9.04. The molecule has 1 aromatic rings. The van der Waals surface area contributed by atoms with E-state index in [1.165, 1.54) is 5.56 Å². The van der Waals surface area contributed by atoms with E-state index < -0.39 is 6.09 Å². The van der Waals surface area contributed by atoms with Crippen molar-refractivity contribution >= 4 is 6.09 Å². The average molecular weight is 325 g/mol. The minimum atomic E-state index is -0.934. The molecule has 0 radical (unpaired) electrons. The normalized spacial score (nSPS) is 19.3. The molecule has 7 heteroatoms. The Bertz CT molecular complexity index is 443. The predicted molar refractivity (Wildman–Crippen MR) is 89.0 cm³/mol. The summed E-state index contributed by atoms with van der Waals surface area (Å²) in [5, 5.41) is 25.1. The molecule has 2 fully saturated rings. The van der Waals surface area contributed by atoms with Crippen molar-refractivity contribution in [2.24, 2.45) is 0 Å². The molecular weight excluding hydrogens is 298 g/mol. The summed E-state index contributed by atoms with van der Waals surface area (Å²) in [5.74, 6) is 0.917. The fraction of sp³-hybridized carbons (Fsp3) is 0.562. The Labute approximate surface area is 137 Å². The van der Waals surface area contributed by atoms with Crippen molar-refractivity contribution < 1.29 is 19.7 Å². The van der Waals surface area contributed by atoms with Crippen LogP contribution in [0, 0.1) is 6.92 Å². The molecule has 23 heavy (non-hydrogen) atoms. The molecule has 130 valence electrons. The van der Waals surface area contributed by atoms with Gasteiger partial charge in [-0.2, -0.15) is 0 Å². The third-order valence-electron chi connectivity index (χ3n) is 3.40. The van der Waals surface area contributed by atoms with Gasteiger partial charge < -0.3 is 30.9 Å². The zero-order chi connectivity index (χ0) is 17.1. The van der Waals surface area contributed by atoms with Crippen LogP contribution in [0.5, 0.6) is 5.75 Å². The maximum atomic E-state index is 9.86. The van der Waals surface area contributed by atoms with E-state index in [-0.39, 0.29) is 12.1 Å². The standard InChI is InChI=1S/C8H10O.C4H8N2O2.C4H9NO/c1-7-3-5-8(9-2)6-4-7;7-4(8)6-3-1-5-2-3;6-4-1-2-5-3-4/h3-6H,1-2H3;3,5-6H,1-2H2,(H,7,8);4-6H,1-3H2. The zero-order valence-electron chi connectivity index (χ0n) is 13.7. The molecule has 2 saturated heterocycles. The van der Waals surface area contributed by atoms with E-state index in [4.69, 9.17) is 14.9 Å². The number of aliphatic hydroxyl groups excluding tert-OH is 1. The summed E-state index contributed by atoms with van der Waals surface area (Å²) >= 11 is 0. The van der Waals surface area contributed by atoms with E-state index in [2.05, 4.69) is 22.9 Å². The first kappa shape index (κ1) is 19.2. The first-order chi connectivity index (χ1) is 11.0. The fourth-order valence-corrected chi connectivity index (χ4v) is 1.88. The summed E-state index contributed by atoms with van der Waals surface area (Å²) in [4.78, 5) is 9.86. The third kappa shape index (κ3) is 9.02. The van der Waals surface area contributed by atoms with Crippen LogP contribution in [0.25, 0.3) is 0 Å². The second-order valence-corrected chi connectivity index (χ2v) is 5.47. The molecule has 7 nitrogen and oxygen atoms in total. The summed E-state index contributed by atoms with van der Waals surface area (Å²) in [6.45, 7) is 5.37. The van der Waals surface area contributed by atoms with Crippen molar-refractivity contribution in [3.05, 3.63) is 29.8 Å². The number of methoxy groups -OCH3 is 1. The summed E-state index contributed by atoms with van der Waals surface area (Å²) in [6.07, 6.45) is -0.0681. The molecule has 2 heterocycles. The summed E-state index contributed by atoms with van der Waals surface area (Å²) in [7, 11) is 1.67. The third-order valence-corrected chi connectivity index (χ3v) is 3.40. The number of carbonyl (C=O) groups is 1. The lowest BCUT2D eigenvalue weighted by molar-refractivity contribution is 0.184. The van der Waals surface area contributed by atoms with E-state index in [0.29, 0.717) is 0 Å². The van der Waals surface area contributed by atoms with Crippen molar-refractivity contribution in [1.29, 1.82) is 0 Å². The summed E-state index contributed by atoms with van der Waals surface area (Å²) in [5.41, 5.74) is 1.26. The van der Waals surface area contributed by atoms with E-state index in [1.807, 2.05) is 24.3 Å². The number of benzene rings is 1. The highest BCUT2D eigenvalue weighted by molar-refractivity contribution is 5.65. The van der Waals surface area contributed by atoms with Crippen LogP contribution in [0.15, 0.2) is 24.3 Å². The number of aliphatic hydroxyl groups is 1. The van der Waals surface area contributed by atoms with Gasteiger partial charge in [-0.05, 0) is 32.0 Å². The van der Waals surface area contributed by atoms with Crippen LogP contribution in [-0.4, -0.2) is 61.7 Å². The largest absolute Gasteiger partial charge is 0.497 e. The molecule has 1 unspecified atom stereocenters. The smallest absolute Gasteiger partial charge is 0.404 e. The molecule has 0 bridgehead atoms. The topological polar surface area (TPSA) is 103 Å². The molecule has 1 amide bonds. The molecule has 0 aromatic heterocycles. The summed E-state index contributed by atoms with van der Waals surface area (Å²) < 4.78 is 4.97. The average Bonchev–Trinajstić information content (AvgIpc) is 2.96. The number of amides is 1. The Hall–Kier alpha value is -1.83. The number of hydrogen-bond acceptors (Lipinski definition) is 5. The first-order valence-electron chi connectivity index (χ1n) is 7.71. The van der Waals surface area contributed by atoms with Gasteiger partial charge in [0.25, 0.3) is 0 Å². The fourth-order valence-electron chi connectivity index (χ4n) is 1.88. The van der Waals surface area contributed by atoms with Crippen LogP contribution in [0.2, 0.25) is 0 Å². The number of nitrogens with one attached hydrogen (secondary N) is 3. The second-order valence-electron chi connectivity index (χ2n) is 5.47. The van der Waals surface area contributed by atoms with Gasteiger partial charge in [0.2, 0.25) is 0 Å². The highest BCUT2D eigenvalue weighted by Crippen LogP contribution is 2.09. The van der Waals surface area contributed by atoms with Gasteiger partial charge in [-0.15, -0.1) is 0 Å². The van der Waals surface area contributed by atoms with E-state index in [1.54, 1.807) is 7.11 Å². The van der Waals surface area contributed by atoms with Crippen LogP contribution in [0.4, 0.5) is 4.79 Å². The first-order valence-corrected chi connectivity index (χ1v) is 7.71. The molecule has 2 aliphatic heterocycles. The zero-order valence-corrected chi connectivity index (χ0v) is 13.7. The Morgan fingerprint density at radius 2 is 1.87 bits per heavy atom. The van der Waals surface area contributed by atoms with Crippen LogP contribution < -0.4 is 20.7 Å². The van der Waals surface area contributed by atoms with Gasteiger partial charge in [0.1, 0.15) is 5.75 Å². The number of rotatable bonds is 2. The molecular formula is C16H27N3O4. The van der Waals surface area contributed by atoms with Gasteiger partial charge in [-0.25, -0.2) is 4.79 Å². The number of hydrogen-bond donors (Lipinski definition) is 5. The van der Waals surface area contributed by atoms with Crippen LogP contribution in [0.3, 0.4) is 0 Å². The van der Waals surface area contributed by atoms with Gasteiger partial charge in [0, 0.05) is 19.6 Å². The van der Waals surface area contributed by atoms with Gasteiger partial charge in [-0.3, -0.25) is 0 Å². The second kappa shape index (κ2) is 10.8. The maximum absolute atomic E-state index is 9.86. The van der Waals surface area contributed by atoms with Gasteiger partial charge in [0.05, 0.1) is 19.3 Å². The van der Waals surface area contributed by atoms with Gasteiger partial charge >= 0.3 is 6.09 Å². The Morgan fingerprint density at radius 3 is 2.13 bits per heavy atom. The Morgan fingerprint density at radius 1 is 1.22 bits per heavy atom. The van der Waals surface area contributed by atoms with E-state index in [9.17, 15) is 4.79 Å². The van der Waals surface area contributed by atoms with Crippen molar-refractivity contribution in [3.63, 3.8) is 0 Å². The molecule has 0 aliphatic carbocycles. The number of aryl methyl sites for hydroxylation is 1. The van der Waals surface area contributed by atoms with Crippen LogP contribution in [-0.2, 0) is 0 Å².